The van der Waals surface area contributed by atoms with Crippen molar-refractivity contribution in [2.24, 2.45) is 17.1 Å². The smallest absolute Gasteiger partial charge is 0.227 e. The molecule has 1 aliphatic rings. The van der Waals surface area contributed by atoms with Crippen LogP contribution in [0, 0.1) is 11.3 Å². The molecule has 0 saturated heterocycles. The van der Waals surface area contributed by atoms with Gasteiger partial charge in [0, 0.05) is 5.92 Å². The van der Waals surface area contributed by atoms with Crippen LogP contribution in [-0.2, 0) is 9.59 Å². The van der Waals surface area contributed by atoms with Gasteiger partial charge in [0.25, 0.3) is 0 Å². The third-order valence-electron chi connectivity index (χ3n) is 2.58. The molecular weight excluding hydrogens is 154 g/mol. The van der Waals surface area contributed by atoms with E-state index in [9.17, 15) is 9.59 Å². The maximum atomic E-state index is 11.1. The molecule has 0 bridgehead atoms. The van der Waals surface area contributed by atoms with Crippen LogP contribution in [-0.4, -0.2) is 11.7 Å². The molecule has 0 aromatic rings. The van der Waals surface area contributed by atoms with Gasteiger partial charge in [0.05, 0.1) is 5.41 Å². The second kappa shape index (κ2) is 2.73. The monoisotopic (exact) mass is 167 g/mol. The van der Waals surface area contributed by atoms with Crippen LogP contribution in [0.15, 0.2) is 12.2 Å². The predicted molar refractivity (Wildman–Crippen MR) is 45.2 cm³/mol. The minimum atomic E-state index is -0.758. The first-order valence-corrected chi connectivity index (χ1v) is 3.96. The van der Waals surface area contributed by atoms with Crippen LogP contribution in [0.25, 0.3) is 0 Å². The van der Waals surface area contributed by atoms with Crippen molar-refractivity contribution in [1.82, 2.24) is 0 Å². The highest BCUT2D eigenvalue weighted by Crippen LogP contribution is 2.37. The molecule has 1 amide bonds. The summed E-state index contributed by atoms with van der Waals surface area (Å²) in [5, 5.41) is 0. The number of hydrogen-bond acceptors (Lipinski definition) is 2. The quantitative estimate of drug-likeness (QED) is 0.613. The number of hydrogen-bond donors (Lipinski definition) is 1. The molecule has 0 spiro atoms. The zero-order valence-electron chi connectivity index (χ0n) is 7.33. The molecule has 12 heavy (non-hydrogen) atoms. The fraction of sp³-hybridized carbons (Fsp3) is 0.556. The number of primary amides is 1. The molecule has 0 heterocycles. The highest BCUT2D eigenvalue weighted by molar-refractivity contribution is 5.92. The van der Waals surface area contributed by atoms with Gasteiger partial charge in [-0.1, -0.05) is 12.2 Å². The number of ketones is 1. The van der Waals surface area contributed by atoms with Crippen LogP contribution < -0.4 is 5.73 Å². The summed E-state index contributed by atoms with van der Waals surface area (Å²) in [4.78, 5) is 22.2. The second-order valence-corrected chi connectivity index (χ2v) is 3.45. The first-order valence-electron chi connectivity index (χ1n) is 3.96. The maximum Gasteiger partial charge on any atom is 0.227 e. The molecular formula is C9H13NO2. The molecule has 66 valence electrons. The molecule has 0 aliphatic heterocycles. The molecule has 0 aromatic carbocycles. The van der Waals surface area contributed by atoms with Crippen molar-refractivity contribution in [1.29, 1.82) is 0 Å². The Morgan fingerprint density at radius 2 is 2.17 bits per heavy atom. The van der Waals surface area contributed by atoms with E-state index in [2.05, 4.69) is 0 Å². The van der Waals surface area contributed by atoms with Gasteiger partial charge in [0.2, 0.25) is 5.91 Å². The molecule has 2 N–H and O–H groups in total. The first-order chi connectivity index (χ1) is 5.48. The highest BCUT2D eigenvalue weighted by atomic mass is 16.1. The lowest BCUT2D eigenvalue weighted by Crippen LogP contribution is -2.39. The zero-order chi connectivity index (χ0) is 9.35. The standard InChI is InChI=1S/C9H13NO2/c1-6(11)7-4-3-5-9(7,2)8(10)12/h3,5,7H,4H2,1-2H3,(H2,10,12). The Balaban J connectivity index is 2.95. The molecule has 2 atom stereocenters. The van der Waals surface area contributed by atoms with Crippen molar-refractivity contribution >= 4 is 11.7 Å². The molecule has 3 nitrogen and oxygen atoms in total. The predicted octanol–water partition coefficient (Wildman–Crippen LogP) is 0.643. The Hall–Kier alpha value is -1.12. The summed E-state index contributed by atoms with van der Waals surface area (Å²) in [6.07, 6.45) is 4.22. The summed E-state index contributed by atoms with van der Waals surface area (Å²) >= 11 is 0. The van der Waals surface area contributed by atoms with Gasteiger partial charge in [0.1, 0.15) is 5.78 Å². The minimum Gasteiger partial charge on any atom is -0.369 e. The summed E-state index contributed by atoms with van der Waals surface area (Å²) < 4.78 is 0. The average Bonchev–Trinajstić information content (AvgIpc) is 2.32. The van der Waals surface area contributed by atoms with Crippen molar-refractivity contribution in [3.63, 3.8) is 0 Å². The van der Waals surface area contributed by atoms with Crippen LogP contribution in [0.2, 0.25) is 0 Å². The number of allylic oxidation sites excluding steroid dienone is 1. The van der Waals surface area contributed by atoms with E-state index in [1.165, 1.54) is 6.92 Å². The molecule has 1 rings (SSSR count). The summed E-state index contributed by atoms with van der Waals surface area (Å²) in [5.74, 6) is -0.646. The van der Waals surface area contributed by atoms with Gasteiger partial charge in [-0.3, -0.25) is 9.59 Å². The number of rotatable bonds is 2. The number of carbonyl (C=O) groups excluding carboxylic acids is 2. The van der Waals surface area contributed by atoms with E-state index in [1.807, 2.05) is 6.08 Å². The Morgan fingerprint density at radius 3 is 2.50 bits per heavy atom. The summed E-state index contributed by atoms with van der Waals surface area (Å²) in [5.41, 5.74) is 4.46. The van der Waals surface area contributed by atoms with E-state index < -0.39 is 11.3 Å². The first kappa shape index (κ1) is 8.97. The van der Waals surface area contributed by atoms with Gasteiger partial charge < -0.3 is 5.73 Å². The molecule has 0 aromatic heterocycles. The van der Waals surface area contributed by atoms with Gasteiger partial charge in [-0.2, -0.15) is 0 Å². The fourth-order valence-electron chi connectivity index (χ4n) is 1.65. The van der Waals surface area contributed by atoms with Gasteiger partial charge in [0.15, 0.2) is 0 Å². The summed E-state index contributed by atoms with van der Waals surface area (Å²) in [6, 6.07) is 0. The number of amides is 1. The van der Waals surface area contributed by atoms with E-state index >= 15 is 0 Å². The molecule has 0 radical (unpaired) electrons. The van der Waals surface area contributed by atoms with Gasteiger partial charge >= 0.3 is 0 Å². The van der Waals surface area contributed by atoms with Gasteiger partial charge in [-0.25, -0.2) is 0 Å². The highest BCUT2D eigenvalue weighted by Gasteiger charge is 2.42. The Kier molecular flexibility index (Phi) is 2.04. The van der Waals surface area contributed by atoms with Gasteiger partial charge in [-0.15, -0.1) is 0 Å². The van der Waals surface area contributed by atoms with Gasteiger partial charge in [-0.05, 0) is 20.3 Å². The number of Topliss-reactive ketones (excluding diaryl/α,β-unsaturated/α-hetero) is 1. The van der Waals surface area contributed by atoms with E-state index in [0.29, 0.717) is 6.42 Å². The molecule has 2 unspecified atom stereocenters. The minimum absolute atomic E-state index is 0.0290. The molecule has 0 saturated carbocycles. The van der Waals surface area contributed by atoms with Crippen molar-refractivity contribution in [2.75, 3.05) is 0 Å². The van der Waals surface area contributed by atoms with Crippen molar-refractivity contribution < 1.29 is 9.59 Å². The summed E-state index contributed by atoms with van der Waals surface area (Å²) in [7, 11) is 0. The lowest BCUT2D eigenvalue weighted by Gasteiger charge is -2.24. The summed E-state index contributed by atoms with van der Waals surface area (Å²) in [6.45, 7) is 3.21. The van der Waals surface area contributed by atoms with Crippen LogP contribution in [0.3, 0.4) is 0 Å². The zero-order valence-corrected chi connectivity index (χ0v) is 7.33. The number of carbonyl (C=O) groups is 2. The Bertz CT molecular complexity index is 257. The molecule has 3 heteroatoms. The number of nitrogens with two attached hydrogens (primary N) is 1. The van der Waals surface area contributed by atoms with E-state index in [4.69, 9.17) is 5.73 Å². The fourth-order valence-corrected chi connectivity index (χ4v) is 1.65. The lowest BCUT2D eigenvalue weighted by atomic mass is 9.77. The largest absolute Gasteiger partial charge is 0.369 e. The van der Waals surface area contributed by atoms with E-state index in [0.717, 1.165) is 0 Å². The Morgan fingerprint density at radius 1 is 1.58 bits per heavy atom. The van der Waals surface area contributed by atoms with Crippen molar-refractivity contribution in [2.45, 2.75) is 20.3 Å². The average molecular weight is 167 g/mol. The van der Waals surface area contributed by atoms with E-state index in [1.54, 1.807) is 13.0 Å². The van der Waals surface area contributed by atoms with Crippen LogP contribution in [0.1, 0.15) is 20.3 Å². The SMILES string of the molecule is CC(=O)C1CC=CC1(C)C(N)=O. The third kappa shape index (κ3) is 1.15. The normalized spacial score (nSPS) is 33.7. The van der Waals surface area contributed by atoms with Crippen LogP contribution in [0.5, 0.6) is 0 Å². The third-order valence-corrected chi connectivity index (χ3v) is 2.58. The van der Waals surface area contributed by atoms with E-state index in [-0.39, 0.29) is 11.7 Å². The lowest BCUT2D eigenvalue weighted by molar-refractivity contribution is -0.133. The maximum absolute atomic E-state index is 11.1. The second-order valence-electron chi connectivity index (χ2n) is 3.45. The molecule has 1 aliphatic carbocycles. The van der Waals surface area contributed by atoms with Crippen molar-refractivity contribution in [3.8, 4) is 0 Å². The molecule has 0 fully saturated rings. The Labute approximate surface area is 71.6 Å². The van der Waals surface area contributed by atoms with Crippen LogP contribution in [0.4, 0.5) is 0 Å². The topological polar surface area (TPSA) is 60.2 Å². The van der Waals surface area contributed by atoms with Crippen LogP contribution >= 0.6 is 0 Å². The van der Waals surface area contributed by atoms with Crippen molar-refractivity contribution in [3.05, 3.63) is 12.2 Å².